The molecular weight excluding hydrogens is 360 g/mol. The molecule has 1 N–H and O–H groups in total. The van der Waals surface area contributed by atoms with E-state index in [4.69, 9.17) is 4.52 Å². The predicted octanol–water partition coefficient (Wildman–Crippen LogP) is 3.38. The highest BCUT2D eigenvalue weighted by Gasteiger charge is 2.14. The fourth-order valence-electron chi connectivity index (χ4n) is 2.05. The Morgan fingerprint density at radius 2 is 2.09 bits per heavy atom. The third-order valence-electron chi connectivity index (χ3n) is 3.18. The van der Waals surface area contributed by atoms with Gasteiger partial charge in [0.05, 0.1) is 11.9 Å². The second-order valence-corrected chi connectivity index (χ2v) is 5.73. The van der Waals surface area contributed by atoms with Crippen molar-refractivity contribution in [3.05, 3.63) is 58.7 Å². The lowest BCUT2D eigenvalue weighted by molar-refractivity contribution is -0.115. The lowest BCUT2D eigenvalue weighted by Gasteiger charge is -2.02. The standard InChI is InChI=1S/C16H13BrN4O2/c1-10-4-2-3-5-12(10)16-20-15(23-21-16)8-14(22)19-11-6-7-13(17)18-9-11/h2-7,9H,8H2,1H3,(H,19,22). The molecule has 0 aliphatic carbocycles. The SMILES string of the molecule is Cc1ccccc1-c1noc(CC(=O)Nc2ccc(Br)nc2)n1. The first-order valence-electron chi connectivity index (χ1n) is 6.92. The molecule has 3 rings (SSSR count). The molecule has 0 fully saturated rings. The Hall–Kier alpha value is -2.54. The number of hydrogen-bond acceptors (Lipinski definition) is 5. The van der Waals surface area contributed by atoms with Crippen LogP contribution in [-0.4, -0.2) is 21.0 Å². The predicted molar refractivity (Wildman–Crippen MR) is 88.7 cm³/mol. The number of carbonyl (C=O) groups is 1. The van der Waals surface area contributed by atoms with Crippen LogP contribution in [-0.2, 0) is 11.2 Å². The highest BCUT2D eigenvalue weighted by Crippen LogP contribution is 2.20. The molecule has 0 saturated carbocycles. The zero-order chi connectivity index (χ0) is 16.2. The molecular formula is C16H13BrN4O2. The number of nitrogens with zero attached hydrogens (tertiary/aromatic N) is 3. The van der Waals surface area contributed by atoms with Gasteiger partial charge in [0.1, 0.15) is 11.0 Å². The van der Waals surface area contributed by atoms with Gasteiger partial charge in [-0.05, 0) is 40.5 Å². The minimum atomic E-state index is -0.242. The second kappa shape index (κ2) is 6.70. The van der Waals surface area contributed by atoms with Gasteiger partial charge < -0.3 is 9.84 Å². The first-order valence-corrected chi connectivity index (χ1v) is 7.71. The van der Waals surface area contributed by atoms with Crippen molar-refractivity contribution < 1.29 is 9.32 Å². The van der Waals surface area contributed by atoms with E-state index in [1.165, 1.54) is 0 Å². The second-order valence-electron chi connectivity index (χ2n) is 4.92. The molecule has 0 radical (unpaired) electrons. The first kappa shape index (κ1) is 15.4. The minimum Gasteiger partial charge on any atom is -0.338 e. The molecule has 0 aliphatic rings. The average Bonchev–Trinajstić information content (AvgIpc) is 2.98. The van der Waals surface area contributed by atoms with Crippen LogP contribution in [0.15, 0.2) is 51.7 Å². The average molecular weight is 373 g/mol. The normalized spacial score (nSPS) is 10.5. The van der Waals surface area contributed by atoms with Gasteiger partial charge in [0.15, 0.2) is 0 Å². The fraction of sp³-hybridized carbons (Fsp3) is 0.125. The molecule has 23 heavy (non-hydrogen) atoms. The molecule has 0 saturated heterocycles. The molecule has 116 valence electrons. The molecule has 1 amide bonds. The minimum absolute atomic E-state index is 0.00887. The van der Waals surface area contributed by atoms with E-state index in [0.717, 1.165) is 11.1 Å². The van der Waals surface area contributed by atoms with Crippen LogP contribution in [0.3, 0.4) is 0 Å². The summed E-state index contributed by atoms with van der Waals surface area (Å²) in [5.41, 5.74) is 2.54. The van der Waals surface area contributed by atoms with Gasteiger partial charge in [-0.25, -0.2) is 4.98 Å². The Morgan fingerprint density at radius 1 is 1.26 bits per heavy atom. The molecule has 3 aromatic rings. The molecule has 1 aromatic carbocycles. The monoisotopic (exact) mass is 372 g/mol. The highest BCUT2D eigenvalue weighted by atomic mass is 79.9. The van der Waals surface area contributed by atoms with Gasteiger partial charge in [0, 0.05) is 5.56 Å². The van der Waals surface area contributed by atoms with Crippen molar-refractivity contribution in [2.75, 3.05) is 5.32 Å². The smallest absolute Gasteiger partial charge is 0.236 e. The van der Waals surface area contributed by atoms with E-state index in [9.17, 15) is 4.79 Å². The molecule has 0 spiro atoms. The Morgan fingerprint density at radius 3 is 2.83 bits per heavy atom. The van der Waals surface area contributed by atoms with E-state index in [1.807, 2.05) is 31.2 Å². The van der Waals surface area contributed by atoms with Gasteiger partial charge in [0.25, 0.3) is 0 Å². The zero-order valence-corrected chi connectivity index (χ0v) is 13.9. The lowest BCUT2D eigenvalue weighted by atomic mass is 10.1. The van der Waals surface area contributed by atoms with Gasteiger partial charge in [-0.15, -0.1) is 0 Å². The molecule has 0 unspecified atom stereocenters. The van der Waals surface area contributed by atoms with Crippen molar-refractivity contribution in [3.63, 3.8) is 0 Å². The van der Waals surface area contributed by atoms with Crippen molar-refractivity contribution >= 4 is 27.5 Å². The molecule has 2 heterocycles. The number of amides is 1. The number of hydrogen-bond donors (Lipinski definition) is 1. The van der Waals surface area contributed by atoms with Gasteiger partial charge >= 0.3 is 0 Å². The van der Waals surface area contributed by atoms with Crippen molar-refractivity contribution in [3.8, 4) is 11.4 Å². The van der Waals surface area contributed by atoms with E-state index in [2.05, 4.69) is 36.4 Å². The van der Waals surface area contributed by atoms with Crippen LogP contribution in [0.1, 0.15) is 11.5 Å². The lowest BCUT2D eigenvalue weighted by Crippen LogP contribution is -2.14. The largest absolute Gasteiger partial charge is 0.338 e. The van der Waals surface area contributed by atoms with Crippen molar-refractivity contribution in [1.82, 2.24) is 15.1 Å². The van der Waals surface area contributed by atoms with Crippen molar-refractivity contribution in [2.24, 2.45) is 0 Å². The molecule has 0 bridgehead atoms. The summed E-state index contributed by atoms with van der Waals surface area (Å²) < 4.78 is 5.86. The Kier molecular flexibility index (Phi) is 4.47. The topological polar surface area (TPSA) is 80.9 Å². The number of nitrogens with one attached hydrogen (secondary N) is 1. The number of carbonyl (C=O) groups excluding carboxylic acids is 1. The van der Waals surface area contributed by atoms with Crippen LogP contribution in [0.2, 0.25) is 0 Å². The van der Waals surface area contributed by atoms with Gasteiger partial charge in [-0.3, -0.25) is 4.79 Å². The van der Waals surface area contributed by atoms with Gasteiger partial charge in [0.2, 0.25) is 17.6 Å². The fourth-order valence-corrected chi connectivity index (χ4v) is 2.29. The number of pyridine rings is 1. The van der Waals surface area contributed by atoms with E-state index in [-0.39, 0.29) is 18.2 Å². The third-order valence-corrected chi connectivity index (χ3v) is 3.65. The summed E-state index contributed by atoms with van der Waals surface area (Å²) in [4.78, 5) is 20.3. The molecule has 0 atom stereocenters. The molecule has 6 nitrogen and oxygen atoms in total. The van der Waals surface area contributed by atoms with Gasteiger partial charge in [-0.2, -0.15) is 4.98 Å². The summed E-state index contributed by atoms with van der Waals surface area (Å²) in [5, 5.41) is 6.66. The third kappa shape index (κ3) is 3.81. The zero-order valence-electron chi connectivity index (χ0n) is 12.3. The van der Waals surface area contributed by atoms with E-state index in [0.29, 0.717) is 16.1 Å². The number of aromatic nitrogens is 3. The molecule has 0 aliphatic heterocycles. The maximum atomic E-state index is 12.0. The number of benzene rings is 1. The summed E-state index contributed by atoms with van der Waals surface area (Å²) >= 11 is 3.24. The quantitative estimate of drug-likeness (QED) is 0.709. The van der Waals surface area contributed by atoms with E-state index < -0.39 is 0 Å². The van der Waals surface area contributed by atoms with Crippen LogP contribution < -0.4 is 5.32 Å². The summed E-state index contributed by atoms with van der Waals surface area (Å²) in [5.74, 6) is 0.510. The van der Waals surface area contributed by atoms with Crippen LogP contribution in [0, 0.1) is 6.92 Å². The number of aryl methyl sites for hydroxylation is 1. The Bertz CT molecular complexity index is 830. The number of rotatable bonds is 4. The van der Waals surface area contributed by atoms with Crippen LogP contribution in [0.4, 0.5) is 5.69 Å². The van der Waals surface area contributed by atoms with Crippen LogP contribution in [0.25, 0.3) is 11.4 Å². The summed E-state index contributed by atoms with van der Waals surface area (Å²) in [6, 6.07) is 11.2. The number of anilines is 1. The summed E-state index contributed by atoms with van der Waals surface area (Å²) in [6.07, 6.45) is 1.57. The van der Waals surface area contributed by atoms with Crippen LogP contribution in [0.5, 0.6) is 0 Å². The van der Waals surface area contributed by atoms with Crippen molar-refractivity contribution in [1.29, 1.82) is 0 Å². The van der Waals surface area contributed by atoms with E-state index >= 15 is 0 Å². The maximum absolute atomic E-state index is 12.0. The summed E-state index contributed by atoms with van der Waals surface area (Å²) in [6.45, 7) is 1.97. The first-order chi connectivity index (χ1) is 11.1. The van der Waals surface area contributed by atoms with Crippen molar-refractivity contribution in [2.45, 2.75) is 13.3 Å². The van der Waals surface area contributed by atoms with Gasteiger partial charge in [-0.1, -0.05) is 29.4 Å². The Balaban J connectivity index is 1.68. The Labute approximate surface area is 141 Å². The maximum Gasteiger partial charge on any atom is 0.236 e. The number of halogens is 1. The molecule has 2 aromatic heterocycles. The van der Waals surface area contributed by atoms with E-state index in [1.54, 1.807) is 18.3 Å². The highest BCUT2D eigenvalue weighted by molar-refractivity contribution is 9.10. The van der Waals surface area contributed by atoms with Crippen LogP contribution >= 0.6 is 15.9 Å². The molecule has 7 heteroatoms. The summed E-state index contributed by atoms with van der Waals surface area (Å²) in [7, 11) is 0.